The second kappa shape index (κ2) is 6.03. The van der Waals surface area contributed by atoms with Crippen molar-refractivity contribution in [3.63, 3.8) is 0 Å². The van der Waals surface area contributed by atoms with Crippen molar-refractivity contribution < 1.29 is 14.7 Å². The number of fused-ring (bicyclic) bond motifs is 1. The van der Waals surface area contributed by atoms with Crippen molar-refractivity contribution in [3.8, 4) is 11.1 Å². The number of benzene rings is 2. The molecule has 4 rings (SSSR count). The molecule has 0 aromatic heterocycles. The van der Waals surface area contributed by atoms with Crippen molar-refractivity contribution in [1.82, 2.24) is 4.90 Å². The number of aliphatic carboxylic acids is 1. The molecule has 1 aliphatic heterocycles. The zero-order valence-corrected chi connectivity index (χ0v) is 14.0. The van der Waals surface area contributed by atoms with Crippen LogP contribution in [-0.4, -0.2) is 35.0 Å². The Labute approximate surface area is 147 Å². The first kappa shape index (κ1) is 15.9. The fourth-order valence-corrected chi connectivity index (χ4v) is 4.41. The average Bonchev–Trinajstić information content (AvgIpc) is 3.20. The molecule has 25 heavy (non-hydrogen) atoms. The van der Waals surface area contributed by atoms with E-state index in [2.05, 4.69) is 0 Å². The topological polar surface area (TPSA) is 57.6 Å². The van der Waals surface area contributed by atoms with E-state index in [1.54, 1.807) is 4.90 Å². The van der Waals surface area contributed by atoms with Gasteiger partial charge in [-0.1, -0.05) is 48.9 Å². The molecule has 2 fully saturated rings. The maximum Gasteiger partial charge on any atom is 0.311 e. The first-order valence-electron chi connectivity index (χ1n) is 8.78. The summed E-state index contributed by atoms with van der Waals surface area (Å²) in [6.07, 6.45) is 2.54. The minimum Gasteiger partial charge on any atom is -0.481 e. The maximum absolute atomic E-state index is 12.8. The van der Waals surface area contributed by atoms with Crippen molar-refractivity contribution in [1.29, 1.82) is 0 Å². The molecular formula is C21H21NO3. The van der Waals surface area contributed by atoms with Gasteiger partial charge >= 0.3 is 5.97 Å². The van der Waals surface area contributed by atoms with Crippen LogP contribution in [0.5, 0.6) is 0 Å². The second-order valence-corrected chi connectivity index (χ2v) is 7.18. The third-order valence-corrected chi connectivity index (χ3v) is 5.82. The van der Waals surface area contributed by atoms with Gasteiger partial charge in [0.1, 0.15) is 0 Å². The van der Waals surface area contributed by atoms with Crippen LogP contribution in [0.4, 0.5) is 0 Å². The number of likely N-dealkylation sites (tertiary alicyclic amines) is 1. The third kappa shape index (κ3) is 2.62. The zero-order valence-electron chi connectivity index (χ0n) is 14.0. The highest BCUT2D eigenvalue weighted by atomic mass is 16.4. The summed E-state index contributed by atoms with van der Waals surface area (Å²) < 4.78 is 0. The normalized spacial score (nSPS) is 25.0. The van der Waals surface area contributed by atoms with Crippen LogP contribution < -0.4 is 0 Å². The molecule has 4 nitrogen and oxygen atoms in total. The highest BCUT2D eigenvalue weighted by molar-refractivity contribution is 5.95. The minimum atomic E-state index is -0.746. The maximum atomic E-state index is 12.8. The van der Waals surface area contributed by atoms with E-state index < -0.39 is 11.4 Å². The van der Waals surface area contributed by atoms with Crippen LogP contribution in [0.25, 0.3) is 11.1 Å². The van der Waals surface area contributed by atoms with Crippen LogP contribution in [-0.2, 0) is 4.79 Å². The van der Waals surface area contributed by atoms with Crippen molar-refractivity contribution in [2.24, 2.45) is 11.3 Å². The Bertz CT molecular complexity index is 800. The molecule has 1 heterocycles. The summed E-state index contributed by atoms with van der Waals surface area (Å²) >= 11 is 0. The molecule has 1 N–H and O–H groups in total. The summed E-state index contributed by atoms with van der Waals surface area (Å²) in [5, 5.41) is 9.67. The zero-order chi connectivity index (χ0) is 17.4. The molecular weight excluding hydrogens is 314 g/mol. The molecule has 1 saturated heterocycles. The van der Waals surface area contributed by atoms with Crippen molar-refractivity contribution in [3.05, 3.63) is 60.2 Å². The van der Waals surface area contributed by atoms with Gasteiger partial charge in [-0.2, -0.15) is 0 Å². The molecule has 2 atom stereocenters. The molecule has 1 aliphatic carbocycles. The van der Waals surface area contributed by atoms with Crippen molar-refractivity contribution in [2.45, 2.75) is 19.3 Å². The third-order valence-electron chi connectivity index (χ3n) is 5.82. The number of carbonyl (C=O) groups excluding carboxylic acids is 1. The fraction of sp³-hybridized carbons (Fsp3) is 0.333. The SMILES string of the molecule is O=C(c1ccc(-c2ccccc2)cc1)N1C[C@@H]2CCC[C@@]2(C(=O)O)C1. The Morgan fingerprint density at radius 3 is 2.32 bits per heavy atom. The molecule has 1 saturated carbocycles. The molecule has 1 amide bonds. The number of carboxylic acids is 1. The molecule has 0 unspecified atom stereocenters. The summed E-state index contributed by atoms with van der Waals surface area (Å²) in [4.78, 5) is 26.3. The molecule has 0 bridgehead atoms. The lowest BCUT2D eigenvalue weighted by molar-refractivity contribution is -0.149. The van der Waals surface area contributed by atoms with Crippen molar-refractivity contribution >= 4 is 11.9 Å². The Morgan fingerprint density at radius 2 is 1.68 bits per heavy atom. The molecule has 2 aliphatic rings. The molecule has 2 aromatic carbocycles. The Morgan fingerprint density at radius 1 is 1.00 bits per heavy atom. The summed E-state index contributed by atoms with van der Waals surface area (Å²) in [7, 11) is 0. The number of hydrogen-bond acceptors (Lipinski definition) is 2. The van der Waals surface area contributed by atoms with Crippen LogP contribution in [0.1, 0.15) is 29.6 Å². The Hall–Kier alpha value is -2.62. The van der Waals surface area contributed by atoms with E-state index in [1.807, 2.05) is 54.6 Å². The van der Waals surface area contributed by atoms with E-state index in [-0.39, 0.29) is 11.8 Å². The van der Waals surface area contributed by atoms with E-state index in [4.69, 9.17) is 0 Å². The largest absolute Gasteiger partial charge is 0.481 e. The minimum absolute atomic E-state index is 0.0605. The number of carboxylic acid groups (broad SMARTS) is 1. The van der Waals surface area contributed by atoms with Gasteiger partial charge in [-0.15, -0.1) is 0 Å². The number of nitrogens with zero attached hydrogens (tertiary/aromatic N) is 1. The van der Waals surface area contributed by atoms with Gasteiger partial charge in [0.2, 0.25) is 0 Å². The van der Waals surface area contributed by atoms with Crippen LogP contribution in [0, 0.1) is 11.3 Å². The average molecular weight is 335 g/mol. The lowest BCUT2D eigenvalue weighted by Gasteiger charge is -2.23. The van der Waals surface area contributed by atoms with E-state index in [1.165, 1.54) is 0 Å². The first-order chi connectivity index (χ1) is 12.1. The van der Waals surface area contributed by atoms with Gasteiger partial charge in [0, 0.05) is 18.7 Å². The molecule has 0 radical (unpaired) electrons. The summed E-state index contributed by atoms with van der Waals surface area (Å²) in [6, 6.07) is 17.6. The predicted molar refractivity (Wildman–Crippen MR) is 95.2 cm³/mol. The molecule has 0 spiro atoms. The Balaban J connectivity index is 1.53. The summed E-state index contributed by atoms with van der Waals surface area (Å²) in [5.41, 5.74) is 2.08. The molecule has 2 aromatic rings. The summed E-state index contributed by atoms with van der Waals surface area (Å²) in [5.74, 6) is -0.711. The number of amides is 1. The van der Waals surface area contributed by atoms with E-state index in [0.717, 1.165) is 24.0 Å². The first-order valence-corrected chi connectivity index (χ1v) is 8.78. The van der Waals surface area contributed by atoms with Gasteiger partial charge in [-0.25, -0.2) is 0 Å². The van der Waals surface area contributed by atoms with Gasteiger partial charge in [-0.05, 0) is 42.0 Å². The van der Waals surface area contributed by atoms with Crippen molar-refractivity contribution in [2.75, 3.05) is 13.1 Å². The van der Waals surface area contributed by atoms with Gasteiger partial charge in [0.15, 0.2) is 0 Å². The lowest BCUT2D eigenvalue weighted by Crippen LogP contribution is -2.37. The second-order valence-electron chi connectivity index (χ2n) is 7.18. The lowest BCUT2D eigenvalue weighted by atomic mass is 9.81. The monoisotopic (exact) mass is 335 g/mol. The standard InChI is InChI=1S/C21H21NO3/c23-19(22-13-18-7-4-12-21(18,14-22)20(24)25)17-10-8-16(9-11-17)15-5-2-1-3-6-15/h1-3,5-6,8-11,18H,4,7,12-14H2,(H,24,25)/t18-,21+/m0/s1. The summed E-state index contributed by atoms with van der Waals surface area (Å²) in [6.45, 7) is 0.901. The van der Waals surface area contributed by atoms with Crippen LogP contribution in [0.2, 0.25) is 0 Å². The highest BCUT2D eigenvalue weighted by Gasteiger charge is 2.55. The van der Waals surface area contributed by atoms with Crippen LogP contribution in [0.3, 0.4) is 0 Å². The van der Waals surface area contributed by atoms with E-state index in [9.17, 15) is 14.7 Å². The number of rotatable bonds is 3. The van der Waals surface area contributed by atoms with E-state index in [0.29, 0.717) is 25.1 Å². The van der Waals surface area contributed by atoms with Gasteiger partial charge < -0.3 is 10.0 Å². The van der Waals surface area contributed by atoms with E-state index >= 15 is 0 Å². The molecule has 128 valence electrons. The van der Waals surface area contributed by atoms with Gasteiger partial charge in [0.05, 0.1) is 5.41 Å². The quantitative estimate of drug-likeness (QED) is 0.931. The molecule has 4 heteroatoms. The van der Waals surface area contributed by atoms with Crippen LogP contribution >= 0.6 is 0 Å². The fourth-order valence-electron chi connectivity index (χ4n) is 4.41. The predicted octanol–water partition coefficient (Wildman–Crippen LogP) is 3.68. The van der Waals surface area contributed by atoms with Crippen LogP contribution in [0.15, 0.2) is 54.6 Å². The van der Waals surface area contributed by atoms with Gasteiger partial charge in [-0.3, -0.25) is 9.59 Å². The smallest absolute Gasteiger partial charge is 0.311 e. The number of carbonyl (C=O) groups is 2. The highest BCUT2D eigenvalue weighted by Crippen LogP contribution is 2.49. The number of hydrogen-bond donors (Lipinski definition) is 1. The Kier molecular flexibility index (Phi) is 3.83. The van der Waals surface area contributed by atoms with Gasteiger partial charge in [0.25, 0.3) is 5.91 Å².